The number of nitrogens with zero attached hydrogens (tertiary/aromatic N) is 3. The maximum atomic E-state index is 13.2. The Morgan fingerprint density at radius 3 is 2.71 bits per heavy atom. The molecule has 7 heteroatoms. The van der Waals surface area contributed by atoms with Gasteiger partial charge in [0.25, 0.3) is 5.91 Å². The van der Waals surface area contributed by atoms with E-state index in [0.717, 1.165) is 11.1 Å². The second kappa shape index (κ2) is 8.19. The van der Waals surface area contributed by atoms with Gasteiger partial charge in [-0.05, 0) is 36.1 Å². The Morgan fingerprint density at radius 1 is 1.29 bits per heavy atom. The van der Waals surface area contributed by atoms with Gasteiger partial charge in [0.2, 0.25) is 5.91 Å². The Kier molecular flexibility index (Phi) is 5.89. The largest absolute Gasteiger partial charge is 0.382 e. The van der Waals surface area contributed by atoms with Crippen LogP contribution in [0.2, 0.25) is 5.02 Å². The monoisotopic (exact) mass is 400 g/mol. The van der Waals surface area contributed by atoms with E-state index in [1.165, 1.54) is 0 Å². The van der Waals surface area contributed by atoms with Crippen LogP contribution in [-0.2, 0) is 4.79 Å². The average molecular weight is 401 g/mol. The molecule has 1 aliphatic heterocycles. The van der Waals surface area contributed by atoms with Crippen LogP contribution in [0.1, 0.15) is 30.6 Å². The number of nitrogen functional groups attached to an aromatic ring is 1. The predicted molar refractivity (Wildman–Crippen MR) is 111 cm³/mol. The number of nitrogens with two attached hydrogens (primary N) is 1. The second-order valence-electron chi connectivity index (χ2n) is 7.58. The number of pyridine rings is 1. The van der Waals surface area contributed by atoms with E-state index < -0.39 is 6.04 Å². The van der Waals surface area contributed by atoms with Crippen LogP contribution in [-0.4, -0.2) is 52.8 Å². The number of amides is 2. The van der Waals surface area contributed by atoms with Crippen molar-refractivity contribution in [2.24, 2.45) is 5.92 Å². The number of hydrogen-bond donors (Lipinski definition) is 1. The van der Waals surface area contributed by atoms with Crippen LogP contribution in [0.15, 0.2) is 36.5 Å². The summed E-state index contributed by atoms with van der Waals surface area (Å²) in [5, 5.41) is 0.371. The van der Waals surface area contributed by atoms with Gasteiger partial charge in [0.1, 0.15) is 11.9 Å². The van der Waals surface area contributed by atoms with Crippen molar-refractivity contribution < 1.29 is 9.59 Å². The molecular formula is C21H25ClN4O2. The third-order valence-electron chi connectivity index (χ3n) is 4.98. The second-order valence-corrected chi connectivity index (χ2v) is 7.98. The standard InChI is InChI=1S/C21H25ClN4O2/c1-13(2)9-18-21(28)25(3)7-8-26(18)20(27)15-6-4-5-14(10-15)16-11-17(22)19(23)24-12-16/h4-6,10-13,18H,7-9H2,1-3H3,(H2,23,24). The quantitative estimate of drug-likeness (QED) is 0.853. The predicted octanol–water partition coefficient (Wildman–Crippen LogP) is 3.31. The van der Waals surface area contributed by atoms with Crippen molar-refractivity contribution in [3.05, 3.63) is 47.1 Å². The van der Waals surface area contributed by atoms with Crippen molar-refractivity contribution in [2.45, 2.75) is 26.3 Å². The lowest BCUT2D eigenvalue weighted by Crippen LogP contribution is -2.57. The summed E-state index contributed by atoms with van der Waals surface area (Å²) >= 11 is 6.08. The summed E-state index contributed by atoms with van der Waals surface area (Å²) in [5.74, 6) is 0.442. The Labute approximate surface area is 170 Å². The average Bonchev–Trinajstić information content (AvgIpc) is 2.67. The minimum atomic E-state index is -0.428. The third-order valence-corrected chi connectivity index (χ3v) is 5.28. The van der Waals surface area contributed by atoms with Gasteiger partial charge < -0.3 is 15.5 Å². The van der Waals surface area contributed by atoms with Crippen molar-refractivity contribution in [1.29, 1.82) is 0 Å². The fourth-order valence-electron chi connectivity index (χ4n) is 3.43. The highest BCUT2D eigenvalue weighted by molar-refractivity contribution is 6.33. The van der Waals surface area contributed by atoms with E-state index in [0.29, 0.717) is 36.0 Å². The maximum absolute atomic E-state index is 13.2. The normalized spacial score (nSPS) is 17.3. The number of carbonyl (C=O) groups excluding carboxylic acids is 2. The molecular weight excluding hydrogens is 376 g/mol. The van der Waals surface area contributed by atoms with Crippen LogP contribution in [0, 0.1) is 5.92 Å². The van der Waals surface area contributed by atoms with Crippen LogP contribution in [0.5, 0.6) is 0 Å². The fourth-order valence-corrected chi connectivity index (χ4v) is 3.60. The summed E-state index contributed by atoms with van der Waals surface area (Å²) in [6.45, 7) is 5.18. The maximum Gasteiger partial charge on any atom is 0.254 e. The summed E-state index contributed by atoms with van der Waals surface area (Å²) in [7, 11) is 1.79. The molecule has 0 saturated carbocycles. The van der Waals surface area contributed by atoms with Crippen molar-refractivity contribution >= 4 is 29.2 Å². The summed E-state index contributed by atoms with van der Waals surface area (Å²) < 4.78 is 0. The molecule has 2 N–H and O–H groups in total. The van der Waals surface area contributed by atoms with Gasteiger partial charge in [-0.15, -0.1) is 0 Å². The minimum absolute atomic E-state index is 0.000953. The number of rotatable bonds is 4. The summed E-state index contributed by atoms with van der Waals surface area (Å²) in [6, 6.07) is 8.59. The zero-order chi connectivity index (χ0) is 20.4. The number of carbonyl (C=O) groups is 2. The first kappa shape index (κ1) is 20.1. The Balaban J connectivity index is 1.91. The van der Waals surface area contributed by atoms with Crippen molar-refractivity contribution in [3.63, 3.8) is 0 Å². The molecule has 1 aliphatic rings. The van der Waals surface area contributed by atoms with Gasteiger partial charge in [0, 0.05) is 37.5 Å². The molecule has 6 nitrogen and oxygen atoms in total. The molecule has 1 saturated heterocycles. The summed E-state index contributed by atoms with van der Waals surface area (Å²) in [5.41, 5.74) is 7.82. The lowest BCUT2D eigenvalue weighted by Gasteiger charge is -2.40. The van der Waals surface area contributed by atoms with Gasteiger partial charge in [-0.1, -0.05) is 37.6 Å². The molecule has 1 aromatic heterocycles. The number of anilines is 1. The molecule has 1 atom stereocenters. The molecule has 0 radical (unpaired) electrons. The summed E-state index contributed by atoms with van der Waals surface area (Å²) in [4.78, 5) is 33.4. The van der Waals surface area contributed by atoms with Crippen LogP contribution in [0.25, 0.3) is 11.1 Å². The van der Waals surface area contributed by atoms with Gasteiger partial charge in [0.15, 0.2) is 0 Å². The zero-order valence-electron chi connectivity index (χ0n) is 16.4. The molecule has 0 aliphatic carbocycles. The highest BCUT2D eigenvalue weighted by Crippen LogP contribution is 2.27. The molecule has 148 valence electrons. The molecule has 3 rings (SSSR count). The molecule has 2 heterocycles. The molecule has 0 spiro atoms. The molecule has 2 aromatic rings. The van der Waals surface area contributed by atoms with E-state index in [1.807, 2.05) is 12.1 Å². The zero-order valence-corrected chi connectivity index (χ0v) is 17.1. The number of halogens is 1. The van der Waals surface area contributed by atoms with E-state index >= 15 is 0 Å². The van der Waals surface area contributed by atoms with Gasteiger partial charge in [0.05, 0.1) is 5.02 Å². The van der Waals surface area contributed by atoms with Crippen molar-refractivity contribution in [3.8, 4) is 11.1 Å². The molecule has 2 amide bonds. The minimum Gasteiger partial charge on any atom is -0.382 e. The number of hydrogen-bond acceptors (Lipinski definition) is 4. The van der Waals surface area contributed by atoms with Crippen LogP contribution in [0.3, 0.4) is 0 Å². The molecule has 28 heavy (non-hydrogen) atoms. The fraction of sp³-hybridized carbons (Fsp3) is 0.381. The first-order valence-electron chi connectivity index (χ1n) is 9.35. The Hall–Kier alpha value is -2.60. The van der Waals surface area contributed by atoms with E-state index in [-0.39, 0.29) is 17.6 Å². The number of piperazine rings is 1. The van der Waals surface area contributed by atoms with Gasteiger partial charge >= 0.3 is 0 Å². The SMILES string of the molecule is CC(C)CC1C(=O)N(C)CCN1C(=O)c1cccc(-c2cnc(N)c(Cl)c2)c1. The van der Waals surface area contributed by atoms with E-state index in [2.05, 4.69) is 18.8 Å². The molecule has 1 fully saturated rings. The third kappa shape index (κ3) is 4.12. The van der Waals surface area contributed by atoms with Gasteiger partial charge in [-0.3, -0.25) is 9.59 Å². The van der Waals surface area contributed by atoms with Gasteiger partial charge in [-0.25, -0.2) is 4.98 Å². The highest BCUT2D eigenvalue weighted by Gasteiger charge is 2.36. The first-order chi connectivity index (χ1) is 13.3. The van der Waals surface area contributed by atoms with E-state index in [4.69, 9.17) is 17.3 Å². The van der Waals surface area contributed by atoms with E-state index in [1.54, 1.807) is 41.2 Å². The highest BCUT2D eigenvalue weighted by atomic mass is 35.5. The van der Waals surface area contributed by atoms with Crippen LogP contribution >= 0.6 is 11.6 Å². The number of benzene rings is 1. The van der Waals surface area contributed by atoms with Crippen LogP contribution < -0.4 is 5.73 Å². The van der Waals surface area contributed by atoms with E-state index in [9.17, 15) is 9.59 Å². The molecule has 1 unspecified atom stereocenters. The lowest BCUT2D eigenvalue weighted by molar-refractivity contribution is -0.139. The Morgan fingerprint density at radius 2 is 2.04 bits per heavy atom. The van der Waals surface area contributed by atoms with Crippen molar-refractivity contribution in [2.75, 3.05) is 25.9 Å². The topological polar surface area (TPSA) is 79.5 Å². The first-order valence-corrected chi connectivity index (χ1v) is 9.73. The van der Waals surface area contributed by atoms with Gasteiger partial charge in [-0.2, -0.15) is 0 Å². The molecule has 1 aromatic carbocycles. The molecule has 0 bridgehead atoms. The summed E-state index contributed by atoms with van der Waals surface area (Å²) in [6.07, 6.45) is 2.28. The van der Waals surface area contributed by atoms with Crippen molar-refractivity contribution in [1.82, 2.24) is 14.8 Å². The lowest BCUT2D eigenvalue weighted by atomic mass is 9.97. The number of likely N-dealkylation sites (N-methyl/N-ethyl adjacent to an activating group) is 1. The van der Waals surface area contributed by atoms with Crippen LogP contribution in [0.4, 0.5) is 5.82 Å². The number of aromatic nitrogens is 1. The smallest absolute Gasteiger partial charge is 0.254 e. The Bertz CT molecular complexity index is 900.